The van der Waals surface area contributed by atoms with Crippen LogP contribution in [0.5, 0.6) is 0 Å². The Hall–Kier alpha value is -1.20. The fraction of sp³-hybridized carbons (Fsp3) is 0.500. The molecule has 1 aliphatic heterocycles. The van der Waals surface area contributed by atoms with Gasteiger partial charge in [-0.3, -0.25) is 0 Å². The summed E-state index contributed by atoms with van der Waals surface area (Å²) in [5.74, 6) is 0. The monoisotopic (exact) mass is 249 g/mol. The van der Waals surface area contributed by atoms with Crippen molar-refractivity contribution in [2.45, 2.75) is 25.8 Å². The lowest BCUT2D eigenvalue weighted by atomic mass is 10.1. The highest BCUT2D eigenvalue weighted by Crippen LogP contribution is 2.27. The molecule has 0 atom stereocenters. The number of thiophene rings is 1. The molecule has 0 bridgehead atoms. The predicted octanol–water partition coefficient (Wildman–Crippen LogP) is 2.67. The summed E-state index contributed by atoms with van der Waals surface area (Å²) in [7, 11) is 0. The first-order chi connectivity index (χ1) is 8.33. The lowest BCUT2D eigenvalue weighted by Crippen LogP contribution is -2.19. The fourth-order valence-electron chi connectivity index (χ4n) is 2.09. The SMILES string of the molecule is Cc1ccc(-c2cn(C3CCOCC3)nn2)s1. The van der Waals surface area contributed by atoms with E-state index in [9.17, 15) is 0 Å². The molecule has 0 unspecified atom stereocenters. The standard InChI is InChI=1S/C12H15N3OS/c1-9-2-3-12(17-9)11-8-15(14-13-11)10-4-6-16-7-5-10/h2-3,8,10H,4-7H2,1H3. The fourth-order valence-corrected chi connectivity index (χ4v) is 2.91. The van der Waals surface area contributed by atoms with Crippen LogP contribution in [0.4, 0.5) is 0 Å². The summed E-state index contributed by atoms with van der Waals surface area (Å²) in [5, 5.41) is 8.50. The molecule has 2 aromatic rings. The molecule has 1 fully saturated rings. The average molecular weight is 249 g/mol. The third-order valence-electron chi connectivity index (χ3n) is 3.07. The van der Waals surface area contributed by atoms with Crippen molar-refractivity contribution in [3.05, 3.63) is 23.2 Å². The minimum Gasteiger partial charge on any atom is -0.381 e. The Morgan fingerprint density at radius 3 is 2.88 bits per heavy atom. The van der Waals surface area contributed by atoms with Crippen LogP contribution >= 0.6 is 11.3 Å². The van der Waals surface area contributed by atoms with Gasteiger partial charge in [0, 0.05) is 18.1 Å². The van der Waals surface area contributed by atoms with Crippen molar-refractivity contribution in [2.24, 2.45) is 0 Å². The van der Waals surface area contributed by atoms with Gasteiger partial charge in [-0.2, -0.15) is 0 Å². The van der Waals surface area contributed by atoms with Gasteiger partial charge in [-0.05, 0) is 31.9 Å². The zero-order chi connectivity index (χ0) is 11.7. The summed E-state index contributed by atoms with van der Waals surface area (Å²) in [6, 6.07) is 4.68. The van der Waals surface area contributed by atoms with Crippen molar-refractivity contribution in [1.29, 1.82) is 0 Å². The summed E-state index contributed by atoms with van der Waals surface area (Å²) >= 11 is 1.76. The molecule has 17 heavy (non-hydrogen) atoms. The third kappa shape index (κ3) is 2.25. The van der Waals surface area contributed by atoms with Crippen LogP contribution in [0, 0.1) is 6.92 Å². The Morgan fingerprint density at radius 1 is 1.35 bits per heavy atom. The van der Waals surface area contributed by atoms with Crippen LogP contribution in [0.25, 0.3) is 10.6 Å². The number of ether oxygens (including phenoxy) is 1. The molecule has 0 radical (unpaired) electrons. The molecule has 1 saturated heterocycles. The molecule has 0 saturated carbocycles. The van der Waals surface area contributed by atoms with Gasteiger partial charge in [0.25, 0.3) is 0 Å². The minimum atomic E-state index is 0.450. The van der Waals surface area contributed by atoms with E-state index in [2.05, 4.69) is 35.6 Å². The van der Waals surface area contributed by atoms with Crippen molar-refractivity contribution >= 4 is 11.3 Å². The van der Waals surface area contributed by atoms with Crippen LogP contribution in [0.1, 0.15) is 23.8 Å². The Kier molecular flexibility index (Phi) is 2.94. The zero-order valence-corrected chi connectivity index (χ0v) is 10.6. The minimum absolute atomic E-state index is 0.450. The number of hydrogen-bond acceptors (Lipinski definition) is 4. The molecule has 0 spiro atoms. The van der Waals surface area contributed by atoms with Gasteiger partial charge in [-0.15, -0.1) is 16.4 Å². The van der Waals surface area contributed by atoms with Crippen molar-refractivity contribution in [2.75, 3.05) is 13.2 Å². The first kappa shape index (κ1) is 10.9. The Bertz CT molecular complexity index is 499. The quantitative estimate of drug-likeness (QED) is 0.821. The Labute approximate surface area is 104 Å². The molecule has 1 aliphatic rings. The normalized spacial score (nSPS) is 17.5. The summed E-state index contributed by atoms with van der Waals surface area (Å²) in [4.78, 5) is 2.50. The number of hydrogen-bond donors (Lipinski definition) is 0. The van der Waals surface area contributed by atoms with Crippen LogP contribution in [0.15, 0.2) is 18.3 Å². The van der Waals surface area contributed by atoms with E-state index in [1.165, 1.54) is 9.75 Å². The second-order valence-electron chi connectivity index (χ2n) is 4.34. The lowest BCUT2D eigenvalue weighted by molar-refractivity contribution is 0.0657. The molecule has 2 aromatic heterocycles. The zero-order valence-electron chi connectivity index (χ0n) is 9.80. The predicted molar refractivity (Wildman–Crippen MR) is 67.2 cm³/mol. The number of aromatic nitrogens is 3. The molecule has 5 heteroatoms. The van der Waals surface area contributed by atoms with E-state index in [1.807, 2.05) is 4.68 Å². The summed E-state index contributed by atoms with van der Waals surface area (Å²) in [6.07, 6.45) is 4.12. The smallest absolute Gasteiger partial charge is 0.123 e. The van der Waals surface area contributed by atoms with Crippen molar-refractivity contribution in [1.82, 2.24) is 15.0 Å². The third-order valence-corrected chi connectivity index (χ3v) is 4.09. The highest BCUT2D eigenvalue weighted by atomic mass is 32.1. The summed E-state index contributed by atoms with van der Waals surface area (Å²) in [6.45, 7) is 3.77. The molecular formula is C12H15N3OS. The van der Waals surface area contributed by atoms with Crippen molar-refractivity contribution in [3.8, 4) is 10.6 Å². The summed E-state index contributed by atoms with van der Waals surface area (Å²) < 4.78 is 7.35. The van der Waals surface area contributed by atoms with E-state index in [0.717, 1.165) is 31.7 Å². The van der Waals surface area contributed by atoms with E-state index < -0.39 is 0 Å². The van der Waals surface area contributed by atoms with Gasteiger partial charge in [0.05, 0.1) is 17.1 Å². The molecule has 0 N–H and O–H groups in total. The number of aryl methyl sites for hydroxylation is 1. The van der Waals surface area contributed by atoms with E-state index >= 15 is 0 Å². The largest absolute Gasteiger partial charge is 0.381 e. The van der Waals surface area contributed by atoms with E-state index in [0.29, 0.717) is 6.04 Å². The molecular weight excluding hydrogens is 234 g/mol. The van der Waals surface area contributed by atoms with E-state index in [-0.39, 0.29) is 0 Å². The van der Waals surface area contributed by atoms with Crippen molar-refractivity contribution < 1.29 is 4.74 Å². The molecule has 90 valence electrons. The molecule has 0 aliphatic carbocycles. The highest BCUT2D eigenvalue weighted by molar-refractivity contribution is 7.15. The average Bonchev–Trinajstić information content (AvgIpc) is 2.98. The Morgan fingerprint density at radius 2 is 2.18 bits per heavy atom. The molecule has 0 amide bonds. The highest BCUT2D eigenvalue weighted by Gasteiger charge is 2.17. The maximum atomic E-state index is 5.36. The maximum absolute atomic E-state index is 5.36. The lowest BCUT2D eigenvalue weighted by Gasteiger charge is -2.21. The van der Waals surface area contributed by atoms with Gasteiger partial charge < -0.3 is 4.74 Å². The summed E-state index contributed by atoms with van der Waals surface area (Å²) in [5.41, 5.74) is 0.981. The molecule has 3 heterocycles. The second kappa shape index (κ2) is 4.58. The van der Waals surface area contributed by atoms with Crippen LogP contribution in [-0.4, -0.2) is 28.2 Å². The van der Waals surface area contributed by atoms with Gasteiger partial charge >= 0.3 is 0 Å². The maximum Gasteiger partial charge on any atom is 0.123 e. The van der Waals surface area contributed by atoms with Crippen LogP contribution in [-0.2, 0) is 4.74 Å². The Balaban J connectivity index is 1.82. The molecule has 4 nitrogen and oxygen atoms in total. The van der Waals surface area contributed by atoms with Gasteiger partial charge in [-0.1, -0.05) is 5.21 Å². The van der Waals surface area contributed by atoms with Crippen LogP contribution in [0.2, 0.25) is 0 Å². The van der Waals surface area contributed by atoms with E-state index in [4.69, 9.17) is 4.74 Å². The van der Waals surface area contributed by atoms with E-state index in [1.54, 1.807) is 11.3 Å². The molecule has 3 rings (SSSR count). The molecule has 0 aromatic carbocycles. The van der Waals surface area contributed by atoms with Crippen LogP contribution in [0.3, 0.4) is 0 Å². The topological polar surface area (TPSA) is 39.9 Å². The first-order valence-corrected chi connectivity index (χ1v) is 6.71. The number of nitrogens with zero attached hydrogens (tertiary/aromatic N) is 3. The second-order valence-corrected chi connectivity index (χ2v) is 5.63. The van der Waals surface area contributed by atoms with Gasteiger partial charge in [-0.25, -0.2) is 4.68 Å². The van der Waals surface area contributed by atoms with Gasteiger partial charge in [0.2, 0.25) is 0 Å². The van der Waals surface area contributed by atoms with Crippen LogP contribution < -0.4 is 0 Å². The van der Waals surface area contributed by atoms with Gasteiger partial charge in [0.1, 0.15) is 5.69 Å². The van der Waals surface area contributed by atoms with Gasteiger partial charge in [0.15, 0.2) is 0 Å². The first-order valence-electron chi connectivity index (χ1n) is 5.89. The van der Waals surface area contributed by atoms with Crippen molar-refractivity contribution in [3.63, 3.8) is 0 Å². The number of rotatable bonds is 2.